The Labute approximate surface area is 227 Å². The first kappa shape index (κ1) is 23.2. The van der Waals surface area contributed by atoms with Crippen LogP contribution in [0.2, 0.25) is 0 Å². The van der Waals surface area contributed by atoms with E-state index in [1.165, 1.54) is 38.5 Å². The molecule has 7 rings (SSSR count). The summed E-state index contributed by atoms with van der Waals surface area (Å²) in [6.07, 6.45) is 0. The molecule has 0 fully saturated rings. The van der Waals surface area contributed by atoms with Gasteiger partial charge in [0.1, 0.15) is 0 Å². The molecular weight excluding hydrogens is 478 g/mol. The summed E-state index contributed by atoms with van der Waals surface area (Å²) in [6, 6.07) is 38.5. The molecule has 0 unspecified atom stereocenters. The highest BCUT2D eigenvalue weighted by molar-refractivity contribution is 6.10. The van der Waals surface area contributed by atoms with Crippen molar-refractivity contribution in [2.45, 2.75) is 20.8 Å². The van der Waals surface area contributed by atoms with Gasteiger partial charge in [-0.2, -0.15) is 0 Å². The topological polar surface area (TPSA) is 43.9 Å². The minimum absolute atomic E-state index is 0.519. The van der Waals surface area contributed by atoms with Crippen LogP contribution < -0.4 is 0 Å². The van der Waals surface area contributed by atoms with Gasteiger partial charge in [-0.25, -0.2) is 0 Å². The standard InChI is InChI=1S/C35H27N3O/c1-22-19-23(2)33(24(3)20-22)35-37-36-34(39-35)26-13-16-28(17-14-26)38-31-12-8-7-11-29(31)30-21-27(15-18-32(30)38)25-9-5-4-6-10-25/h4-21H,1-3H3. The van der Waals surface area contributed by atoms with Crippen molar-refractivity contribution in [3.63, 3.8) is 0 Å². The molecule has 0 spiro atoms. The van der Waals surface area contributed by atoms with Crippen molar-refractivity contribution < 1.29 is 4.42 Å². The molecule has 4 heteroatoms. The molecule has 0 aliphatic carbocycles. The quantitative estimate of drug-likeness (QED) is 0.240. The van der Waals surface area contributed by atoms with Gasteiger partial charge in [-0.3, -0.25) is 0 Å². The molecule has 0 amide bonds. The van der Waals surface area contributed by atoms with Crippen molar-refractivity contribution >= 4 is 21.8 Å². The van der Waals surface area contributed by atoms with E-state index in [1.54, 1.807) is 0 Å². The Kier molecular flexibility index (Phi) is 5.41. The fourth-order valence-corrected chi connectivity index (χ4v) is 5.77. The Morgan fingerprint density at radius 1 is 0.538 bits per heavy atom. The van der Waals surface area contributed by atoms with Gasteiger partial charge in [-0.1, -0.05) is 72.3 Å². The van der Waals surface area contributed by atoms with Crippen LogP contribution in [0.4, 0.5) is 0 Å². The molecule has 2 aromatic heterocycles. The SMILES string of the molecule is Cc1cc(C)c(-c2nnc(-c3ccc(-n4c5ccccc5c5cc(-c6ccccc6)ccc54)cc3)o2)c(C)c1. The molecule has 39 heavy (non-hydrogen) atoms. The monoisotopic (exact) mass is 505 g/mol. The summed E-state index contributed by atoms with van der Waals surface area (Å²) in [5.74, 6) is 1.08. The van der Waals surface area contributed by atoms with Crippen molar-refractivity contribution in [3.8, 4) is 39.7 Å². The normalized spacial score (nSPS) is 11.5. The number of rotatable bonds is 4. The van der Waals surface area contributed by atoms with Crippen LogP contribution in [0.15, 0.2) is 114 Å². The third-order valence-corrected chi connectivity index (χ3v) is 7.47. The van der Waals surface area contributed by atoms with Crippen LogP contribution in [0.25, 0.3) is 61.5 Å². The molecule has 7 aromatic rings. The molecule has 0 aliphatic heterocycles. The van der Waals surface area contributed by atoms with Crippen LogP contribution in [0.5, 0.6) is 0 Å². The maximum atomic E-state index is 6.15. The highest BCUT2D eigenvalue weighted by Gasteiger charge is 2.17. The van der Waals surface area contributed by atoms with Crippen molar-refractivity contribution in [3.05, 3.63) is 126 Å². The number of hydrogen-bond acceptors (Lipinski definition) is 3. The van der Waals surface area contributed by atoms with E-state index < -0.39 is 0 Å². The lowest BCUT2D eigenvalue weighted by Crippen LogP contribution is -1.93. The van der Waals surface area contributed by atoms with Crippen molar-refractivity contribution in [2.24, 2.45) is 0 Å². The van der Waals surface area contributed by atoms with E-state index in [9.17, 15) is 0 Å². The summed E-state index contributed by atoms with van der Waals surface area (Å²) < 4.78 is 8.48. The maximum absolute atomic E-state index is 6.15. The summed E-state index contributed by atoms with van der Waals surface area (Å²) in [4.78, 5) is 0. The molecule has 0 atom stereocenters. The zero-order valence-corrected chi connectivity index (χ0v) is 22.1. The van der Waals surface area contributed by atoms with Crippen molar-refractivity contribution in [2.75, 3.05) is 0 Å². The molecule has 0 radical (unpaired) electrons. The Bertz CT molecular complexity index is 1960. The van der Waals surface area contributed by atoms with E-state index in [2.05, 4.69) is 145 Å². The molecule has 2 heterocycles. The van der Waals surface area contributed by atoms with Crippen LogP contribution in [-0.2, 0) is 0 Å². The van der Waals surface area contributed by atoms with E-state index in [4.69, 9.17) is 4.42 Å². The van der Waals surface area contributed by atoms with Gasteiger partial charge in [0.2, 0.25) is 11.8 Å². The Balaban J connectivity index is 1.29. The first-order valence-corrected chi connectivity index (χ1v) is 13.2. The summed E-state index contributed by atoms with van der Waals surface area (Å²) in [5, 5.41) is 11.2. The predicted octanol–water partition coefficient (Wildman–Crippen LogP) is 9.09. The van der Waals surface area contributed by atoms with Gasteiger partial charge in [0.15, 0.2) is 0 Å². The summed E-state index contributed by atoms with van der Waals surface area (Å²) in [7, 11) is 0. The molecule has 0 aliphatic rings. The van der Waals surface area contributed by atoms with Gasteiger partial charge in [0.05, 0.1) is 11.0 Å². The molecule has 5 aromatic carbocycles. The van der Waals surface area contributed by atoms with Gasteiger partial charge >= 0.3 is 0 Å². The minimum Gasteiger partial charge on any atom is -0.416 e. The average Bonchev–Trinajstić information content (AvgIpc) is 3.56. The van der Waals surface area contributed by atoms with E-state index >= 15 is 0 Å². The first-order valence-electron chi connectivity index (χ1n) is 13.2. The molecule has 0 saturated carbocycles. The number of hydrogen-bond donors (Lipinski definition) is 0. The van der Waals surface area contributed by atoms with Crippen LogP contribution in [0.1, 0.15) is 16.7 Å². The molecule has 4 nitrogen and oxygen atoms in total. The summed E-state index contributed by atoms with van der Waals surface area (Å²) in [5.41, 5.74) is 11.3. The number of benzene rings is 5. The smallest absolute Gasteiger partial charge is 0.248 e. The second kappa shape index (κ2) is 9.10. The zero-order valence-electron chi connectivity index (χ0n) is 22.1. The van der Waals surface area contributed by atoms with Crippen molar-refractivity contribution in [1.82, 2.24) is 14.8 Å². The minimum atomic E-state index is 0.519. The maximum Gasteiger partial charge on any atom is 0.248 e. The number of aryl methyl sites for hydroxylation is 3. The fraction of sp³-hybridized carbons (Fsp3) is 0.0857. The van der Waals surface area contributed by atoms with Gasteiger partial charge in [0, 0.05) is 27.6 Å². The molecule has 0 bridgehead atoms. The highest BCUT2D eigenvalue weighted by atomic mass is 16.4. The number of nitrogens with zero attached hydrogens (tertiary/aromatic N) is 3. The van der Waals surface area contributed by atoms with E-state index in [1.807, 2.05) is 0 Å². The summed E-state index contributed by atoms with van der Waals surface area (Å²) >= 11 is 0. The summed E-state index contributed by atoms with van der Waals surface area (Å²) in [6.45, 7) is 6.27. The van der Waals surface area contributed by atoms with Gasteiger partial charge in [0.25, 0.3) is 0 Å². The van der Waals surface area contributed by atoms with E-state index in [0.717, 1.165) is 27.9 Å². The molecule has 188 valence electrons. The highest BCUT2D eigenvalue weighted by Crippen LogP contribution is 2.36. The third-order valence-electron chi connectivity index (χ3n) is 7.47. The van der Waals surface area contributed by atoms with Gasteiger partial charge in [-0.15, -0.1) is 10.2 Å². The molecular formula is C35H27N3O. The first-order chi connectivity index (χ1) is 19.1. The lowest BCUT2D eigenvalue weighted by atomic mass is 10.00. The average molecular weight is 506 g/mol. The van der Waals surface area contributed by atoms with Crippen LogP contribution >= 0.6 is 0 Å². The van der Waals surface area contributed by atoms with Gasteiger partial charge < -0.3 is 8.98 Å². The second-order valence-electron chi connectivity index (χ2n) is 10.2. The molecule has 0 N–H and O–H groups in total. The zero-order chi connectivity index (χ0) is 26.5. The van der Waals surface area contributed by atoms with Crippen LogP contribution in [0.3, 0.4) is 0 Å². The second-order valence-corrected chi connectivity index (χ2v) is 10.2. The largest absolute Gasteiger partial charge is 0.416 e. The van der Waals surface area contributed by atoms with E-state index in [-0.39, 0.29) is 0 Å². The predicted molar refractivity (Wildman–Crippen MR) is 159 cm³/mol. The Morgan fingerprint density at radius 2 is 1.18 bits per heavy atom. The van der Waals surface area contributed by atoms with Crippen molar-refractivity contribution in [1.29, 1.82) is 0 Å². The lowest BCUT2D eigenvalue weighted by Gasteiger charge is -2.09. The number of fused-ring (bicyclic) bond motifs is 3. The number of aromatic nitrogens is 3. The lowest BCUT2D eigenvalue weighted by molar-refractivity contribution is 0.583. The molecule has 0 saturated heterocycles. The van der Waals surface area contributed by atoms with Gasteiger partial charge in [-0.05, 0) is 85.5 Å². The fourth-order valence-electron chi connectivity index (χ4n) is 5.77. The number of para-hydroxylation sites is 1. The Morgan fingerprint density at radius 3 is 1.95 bits per heavy atom. The van der Waals surface area contributed by atoms with Crippen LogP contribution in [-0.4, -0.2) is 14.8 Å². The van der Waals surface area contributed by atoms with Crippen LogP contribution in [0, 0.1) is 20.8 Å². The third kappa shape index (κ3) is 3.93. The Hall–Kier alpha value is -4.96. The van der Waals surface area contributed by atoms with E-state index in [0.29, 0.717) is 11.8 Å².